The molecule has 2 heterocycles. The predicted molar refractivity (Wildman–Crippen MR) is 41.4 cm³/mol. The maximum Gasteiger partial charge on any atom is 0.407 e. The number of hydrogen-bond acceptors (Lipinski definition) is 3. The molecule has 5 heteroatoms. The Morgan fingerprint density at radius 1 is 1.62 bits per heavy atom. The van der Waals surface area contributed by atoms with E-state index in [1.165, 1.54) is 12.1 Å². The Balaban J connectivity index is 2.17. The highest BCUT2D eigenvalue weighted by Gasteiger charge is 2.24. The van der Waals surface area contributed by atoms with Gasteiger partial charge in [0, 0.05) is 0 Å². The van der Waals surface area contributed by atoms with Crippen LogP contribution in [-0.4, -0.2) is 17.7 Å². The van der Waals surface area contributed by atoms with Crippen molar-refractivity contribution in [2.24, 2.45) is 0 Å². The van der Waals surface area contributed by atoms with Gasteiger partial charge in [-0.25, -0.2) is 9.18 Å². The van der Waals surface area contributed by atoms with Crippen molar-refractivity contribution in [2.75, 3.05) is 6.61 Å². The van der Waals surface area contributed by atoms with Gasteiger partial charge < -0.3 is 10.1 Å². The molecule has 1 fully saturated rings. The Morgan fingerprint density at radius 3 is 3.00 bits per heavy atom. The number of amides is 1. The number of pyridine rings is 1. The zero-order valence-corrected chi connectivity index (χ0v) is 6.66. The van der Waals surface area contributed by atoms with Gasteiger partial charge in [0.05, 0.1) is 11.9 Å². The fourth-order valence-corrected chi connectivity index (χ4v) is 1.14. The van der Waals surface area contributed by atoms with Crippen LogP contribution in [0.2, 0.25) is 0 Å². The number of nitrogens with one attached hydrogen (secondary N) is 1. The van der Waals surface area contributed by atoms with Gasteiger partial charge >= 0.3 is 6.09 Å². The van der Waals surface area contributed by atoms with Gasteiger partial charge in [0.25, 0.3) is 0 Å². The summed E-state index contributed by atoms with van der Waals surface area (Å²) < 4.78 is 17.1. The topological polar surface area (TPSA) is 51.2 Å². The highest BCUT2D eigenvalue weighted by atomic mass is 19.1. The Morgan fingerprint density at radius 2 is 2.46 bits per heavy atom. The molecule has 13 heavy (non-hydrogen) atoms. The van der Waals surface area contributed by atoms with Gasteiger partial charge in [-0.15, -0.1) is 0 Å². The molecular formula is C8H7FN2O2. The molecular weight excluding hydrogens is 175 g/mol. The molecule has 0 bridgehead atoms. The fraction of sp³-hybridized carbons (Fsp3) is 0.250. The summed E-state index contributed by atoms with van der Waals surface area (Å²) in [5.41, 5.74) is 0.604. The molecule has 1 aromatic rings. The lowest BCUT2D eigenvalue weighted by Gasteiger charge is -2.04. The van der Waals surface area contributed by atoms with Crippen molar-refractivity contribution in [3.8, 4) is 0 Å². The Labute approximate surface area is 73.7 Å². The number of carbonyl (C=O) groups is 1. The molecule has 0 unspecified atom stereocenters. The van der Waals surface area contributed by atoms with E-state index in [1.54, 1.807) is 0 Å². The molecule has 1 saturated heterocycles. The quantitative estimate of drug-likeness (QED) is 0.704. The first kappa shape index (κ1) is 7.97. The summed E-state index contributed by atoms with van der Waals surface area (Å²) >= 11 is 0. The third-order valence-corrected chi connectivity index (χ3v) is 1.78. The predicted octanol–water partition coefficient (Wildman–Crippen LogP) is 1.00. The fourth-order valence-electron chi connectivity index (χ4n) is 1.14. The Bertz CT molecular complexity index is 325. The second kappa shape index (κ2) is 3.01. The average Bonchev–Trinajstić information content (AvgIpc) is 2.53. The summed E-state index contributed by atoms with van der Waals surface area (Å²) in [6.45, 7) is 0.247. The normalized spacial score (nSPS) is 21.0. The van der Waals surface area contributed by atoms with Gasteiger partial charge in [-0.2, -0.15) is 0 Å². The molecule has 1 atom stereocenters. The van der Waals surface area contributed by atoms with Crippen LogP contribution in [0.25, 0.3) is 0 Å². The summed E-state index contributed by atoms with van der Waals surface area (Å²) in [7, 11) is 0. The zero-order chi connectivity index (χ0) is 9.26. The minimum absolute atomic E-state index is 0.247. The molecule has 1 N–H and O–H groups in total. The zero-order valence-electron chi connectivity index (χ0n) is 6.66. The van der Waals surface area contributed by atoms with Crippen molar-refractivity contribution in [1.29, 1.82) is 0 Å². The van der Waals surface area contributed by atoms with E-state index < -0.39 is 11.9 Å². The number of carbonyl (C=O) groups excluding carboxylic acids is 1. The monoisotopic (exact) mass is 182 g/mol. The number of ether oxygens (including phenoxy) is 1. The van der Waals surface area contributed by atoms with Gasteiger partial charge in [-0.1, -0.05) is 0 Å². The lowest BCUT2D eigenvalue weighted by Crippen LogP contribution is -2.19. The number of alkyl carbamates (subject to hydrolysis) is 1. The molecule has 1 aliphatic rings. The molecule has 4 nitrogen and oxygen atoms in total. The third kappa shape index (κ3) is 1.58. The van der Waals surface area contributed by atoms with Crippen LogP contribution in [0.5, 0.6) is 0 Å². The van der Waals surface area contributed by atoms with Gasteiger partial charge in [0.2, 0.25) is 0 Å². The maximum atomic E-state index is 12.5. The largest absolute Gasteiger partial charge is 0.447 e. The minimum Gasteiger partial charge on any atom is -0.447 e. The van der Waals surface area contributed by atoms with Crippen molar-refractivity contribution in [1.82, 2.24) is 10.3 Å². The number of halogens is 1. The molecule has 0 aromatic carbocycles. The van der Waals surface area contributed by atoms with Crippen molar-refractivity contribution < 1.29 is 13.9 Å². The van der Waals surface area contributed by atoms with E-state index in [-0.39, 0.29) is 12.6 Å². The van der Waals surface area contributed by atoms with Crippen LogP contribution in [0.3, 0.4) is 0 Å². The highest BCUT2D eigenvalue weighted by molar-refractivity contribution is 5.69. The summed E-state index contributed by atoms with van der Waals surface area (Å²) in [6, 6.07) is 2.56. The van der Waals surface area contributed by atoms with E-state index in [2.05, 4.69) is 15.0 Å². The van der Waals surface area contributed by atoms with E-state index in [9.17, 15) is 9.18 Å². The van der Waals surface area contributed by atoms with Crippen LogP contribution in [0.4, 0.5) is 9.18 Å². The van der Waals surface area contributed by atoms with E-state index in [0.29, 0.717) is 5.69 Å². The first-order chi connectivity index (χ1) is 6.25. The molecule has 68 valence electrons. The smallest absolute Gasteiger partial charge is 0.407 e. The lowest BCUT2D eigenvalue weighted by atomic mass is 10.2. The molecule has 0 spiro atoms. The van der Waals surface area contributed by atoms with E-state index in [0.717, 1.165) is 6.20 Å². The van der Waals surface area contributed by atoms with E-state index >= 15 is 0 Å². The van der Waals surface area contributed by atoms with Gasteiger partial charge in [-0.05, 0) is 12.1 Å². The van der Waals surface area contributed by atoms with Gasteiger partial charge in [-0.3, -0.25) is 4.98 Å². The number of aromatic nitrogens is 1. The molecule has 2 rings (SSSR count). The van der Waals surface area contributed by atoms with Crippen molar-refractivity contribution in [3.63, 3.8) is 0 Å². The number of rotatable bonds is 1. The lowest BCUT2D eigenvalue weighted by molar-refractivity contribution is 0.177. The van der Waals surface area contributed by atoms with Crippen LogP contribution in [-0.2, 0) is 4.74 Å². The van der Waals surface area contributed by atoms with Gasteiger partial charge in [0.1, 0.15) is 18.5 Å². The Hall–Kier alpha value is -1.65. The SMILES string of the molecule is O=C1N[C@@H](c2ccc(F)cn2)CO1. The molecule has 0 saturated carbocycles. The first-order valence-corrected chi connectivity index (χ1v) is 3.80. The average molecular weight is 182 g/mol. The summed E-state index contributed by atoms with van der Waals surface area (Å²) in [5, 5.41) is 2.54. The van der Waals surface area contributed by atoms with Crippen LogP contribution in [0, 0.1) is 5.82 Å². The molecule has 1 aromatic heterocycles. The Kier molecular flexibility index (Phi) is 1.84. The standard InChI is InChI=1S/C8H7FN2O2/c9-5-1-2-6(10-3-5)7-4-13-8(12)11-7/h1-3,7H,4H2,(H,11,12)/t7-/m1/s1. The minimum atomic E-state index is -0.462. The number of hydrogen-bond donors (Lipinski definition) is 1. The second-order valence-electron chi connectivity index (χ2n) is 2.70. The molecule has 0 aliphatic carbocycles. The molecule has 0 radical (unpaired) electrons. The van der Waals surface area contributed by atoms with Crippen LogP contribution in [0.15, 0.2) is 18.3 Å². The summed E-state index contributed by atoms with van der Waals surface area (Å²) in [4.78, 5) is 14.5. The van der Waals surface area contributed by atoms with Crippen molar-refractivity contribution >= 4 is 6.09 Å². The van der Waals surface area contributed by atoms with E-state index in [4.69, 9.17) is 0 Å². The molecule has 1 aliphatic heterocycles. The third-order valence-electron chi connectivity index (χ3n) is 1.78. The molecule has 1 amide bonds. The van der Waals surface area contributed by atoms with Crippen LogP contribution in [0.1, 0.15) is 11.7 Å². The van der Waals surface area contributed by atoms with Crippen LogP contribution < -0.4 is 5.32 Å². The van der Waals surface area contributed by atoms with Crippen molar-refractivity contribution in [3.05, 3.63) is 29.8 Å². The number of cyclic esters (lactones) is 1. The maximum absolute atomic E-state index is 12.5. The van der Waals surface area contributed by atoms with Gasteiger partial charge in [0.15, 0.2) is 0 Å². The first-order valence-electron chi connectivity index (χ1n) is 3.80. The summed E-state index contributed by atoms with van der Waals surface area (Å²) in [6.07, 6.45) is 0.649. The van der Waals surface area contributed by atoms with Crippen LogP contribution >= 0.6 is 0 Å². The van der Waals surface area contributed by atoms with E-state index in [1.807, 2.05) is 0 Å². The second-order valence-corrected chi connectivity index (χ2v) is 2.70. The number of nitrogens with zero attached hydrogens (tertiary/aromatic N) is 1. The van der Waals surface area contributed by atoms with Crippen molar-refractivity contribution in [2.45, 2.75) is 6.04 Å². The summed E-state index contributed by atoms with van der Waals surface area (Å²) in [5.74, 6) is -0.394. The highest BCUT2D eigenvalue weighted by Crippen LogP contribution is 2.15.